The third-order valence-electron chi connectivity index (χ3n) is 1.70. The molecule has 1 aromatic carbocycles. The zero-order chi connectivity index (χ0) is 10.2. The molecule has 0 atom stereocenters. The van der Waals surface area contributed by atoms with Gasteiger partial charge in [-0.3, -0.25) is 0 Å². The molecule has 0 heterocycles. The van der Waals surface area contributed by atoms with Gasteiger partial charge in [0.25, 0.3) is 0 Å². The van der Waals surface area contributed by atoms with Crippen molar-refractivity contribution in [3.63, 3.8) is 0 Å². The lowest BCUT2D eigenvalue weighted by Gasteiger charge is -2.13. The smallest absolute Gasteiger partial charge is 0.398 e. The summed E-state index contributed by atoms with van der Waals surface area (Å²) in [6.07, 6.45) is -4.49. The van der Waals surface area contributed by atoms with Gasteiger partial charge >= 0.3 is 6.18 Å². The number of halogens is 4. The summed E-state index contributed by atoms with van der Waals surface area (Å²) in [5.41, 5.74) is 4.38. The Morgan fingerprint density at radius 3 is 2.23 bits per heavy atom. The fourth-order valence-corrected chi connectivity index (χ4v) is 1.26. The average molecular weight is 210 g/mol. The molecule has 1 rings (SSSR count). The molecule has 2 N–H and O–H groups in total. The normalized spacial score (nSPS) is 11.8. The van der Waals surface area contributed by atoms with Gasteiger partial charge in [-0.05, 0) is 18.6 Å². The van der Waals surface area contributed by atoms with Crippen molar-refractivity contribution >= 4 is 17.3 Å². The lowest BCUT2D eigenvalue weighted by molar-refractivity contribution is -0.136. The summed E-state index contributed by atoms with van der Waals surface area (Å²) in [4.78, 5) is 0. The van der Waals surface area contributed by atoms with Gasteiger partial charge in [0.05, 0.1) is 10.6 Å². The number of anilines is 1. The van der Waals surface area contributed by atoms with E-state index in [0.29, 0.717) is 5.56 Å². The van der Waals surface area contributed by atoms with Crippen molar-refractivity contribution in [3.05, 3.63) is 28.3 Å². The first kappa shape index (κ1) is 10.2. The fourth-order valence-electron chi connectivity index (χ4n) is 0.985. The minimum atomic E-state index is -4.49. The predicted molar refractivity (Wildman–Crippen MR) is 45.6 cm³/mol. The quantitative estimate of drug-likeness (QED) is 0.652. The van der Waals surface area contributed by atoms with Gasteiger partial charge in [0.1, 0.15) is 0 Å². The highest BCUT2D eigenvalue weighted by Crippen LogP contribution is 2.39. The van der Waals surface area contributed by atoms with E-state index in [1.165, 1.54) is 19.1 Å². The Balaban J connectivity index is 3.43. The van der Waals surface area contributed by atoms with Crippen LogP contribution in [-0.2, 0) is 6.18 Å². The van der Waals surface area contributed by atoms with E-state index in [9.17, 15) is 13.2 Å². The third-order valence-corrected chi connectivity index (χ3v) is 2.01. The summed E-state index contributed by atoms with van der Waals surface area (Å²) in [5, 5.41) is -0.365. The number of rotatable bonds is 0. The van der Waals surface area contributed by atoms with Gasteiger partial charge in [-0.15, -0.1) is 0 Å². The number of alkyl halides is 3. The minimum Gasteiger partial charge on any atom is -0.398 e. The third kappa shape index (κ3) is 1.88. The van der Waals surface area contributed by atoms with E-state index < -0.39 is 11.7 Å². The Kier molecular flexibility index (Phi) is 2.43. The maximum Gasteiger partial charge on any atom is 0.419 e. The van der Waals surface area contributed by atoms with Crippen LogP contribution in [0, 0.1) is 6.92 Å². The van der Waals surface area contributed by atoms with Gasteiger partial charge in [-0.25, -0.2) is 0 Å². The fraction of sp³-hybridized carbons (Fsp3) is 0.250. The lowest BCUT2D eigenvalue weighted by Crippen LogP contribution is -2.10. The van der Waals surface area contributed by atoms with Crippen molar-refractivity contribution in [1.82, 2.24) is 0 Å². The molecule has 0 fully saturated rings. The molecule has 1 aromatic rings. The van der Waals surface area contributed by atoms with Crippen molar-refractivity contribution in [2.45, 2.75) is 13.1 Å². The number of nitrogens with two attached hydrogens (primary N) is 1. The summed E-state index contributed by atoms with van der Waals surface area (Å²) in [6.45, 7) is 1.50. The van der Waals surface area contributed by atoms with Crippen molar-refractivity contribution in [3.8, 4) is 0 Å². The topological polar surface area (TPSA) is 26.0 Å². The maximum absolute atomic E-state index is 12.3. The van der Waals surface area contributed by atoms with Crippen LogP contribution < -0.4 is 5.73 Å². The molecular weight excluding hydrogens is 203 g/mol. The molecule has 13 heavy (non-hydrogen) atoms. The average Bonchev–Trinajstić information content (AvgIpc) is 1.95. The molecule has 0 aliphatic heterocycles. The molecule has 0 aromatic heterocycles. The highest BCUT2D eigenvalue weighted by atomic mass is 35.5. The Morgan fingerprint density at radius 1 is 1.31 bits per heavy atom. The number of hydrogen-bond donors (Lipinski definition) is 1. The van der Waals surface area contributed by atoms with Crippen LogP contribution in [0.5, 0.6) is 0 Å². The molecule has 0 saturated carbocycles. The minimum absolute atomic E-state index is 0.306. The Bertz CT molecular complexity index is 333. The molecule has 0 bridgehead atoms. The van der Waals surface area contributed by atoms with Crippen LogP contribution >= 0.6 is 11.6 Å². The molecule has 0 radical (unpaired) electrons. The van der Waals surface area contributed by atoms with Gasteiger partial charge in [0.15, 0.2) is 0 Å². The molecule has 0 unspecified atom stereocenters. The van der Waals surface area contributed by atoms with Crippen molar-refractivity contribution in [2.75, 3.05) is 5.73 Å². The first-order chi connectivity index (χ1) is 5.84. The molecular formula is C8H7ClF3N. The Labute approximate surface area is 78.3 Å². The summed E-state index contributed by atoms with van der Waals surface area (Å²) in [5.74, 6) is 0. The molecule has 0 saturated heterocycles. The number of benzene rings is 1. The molecule has 1 nitrogen and oxygen atoms in total. The second-order valence-corrected chi connectivity index (χ2v) is 3.06. The predicted octanol–water partition coefficient (Wildman–Crippen LogP) is 3.25. The highest BCUT2D eigenvalue weighted by Gasteiger charge is 2.35. The second-order valence-electron chi connectivity index (χ2n) is 2.65. The largest absolute Gasteiger partial charge is 0.419 e. The van der Waals surface area contributed by atoms with E-state index in [2.05, 4.69) is 0 Å². The summed E-state index contributed by atoms with van der Waals surface area (Å²) in [6, 6.07) is 2.64. The zero-order valence-corrected chi connectivity index (χ0v) is 7.50. The van der Waals surface area contributed by atoms with Crippen molar-refractivity contribution in [1.29, 1.82) is 0 Å². The van der Waals surface area contributed by atoms with Gasteiger partial charge in [0, 0.05) is 5.69 Å². The molecule has 72 valence electrons. The summed E-state index contributed by atoms with van der Waals surface area (Å²) in [7, 11) is 0. The van der Waals surface area contributed by atoms with Crippen LogP contribution in [0.3, 0.4) is 0 Å². The molecule has 0 aliphatic carbocycles. The van der Waals surface area contributed by atoms with E-state index in [4.69, 9.17) is 17.3 Å². The van der Waals surface area contributed by atoms with Crippen LogP contribution in [0.25, 0.3) is 0 Å². The van der Waals surface area contributed by atoms with E-state index in [1.807, 2.05) is 0 Å². The lowest BCUT2D eigenvalue weighted by atomic mass is 10.1. The Hall–Kier alpha value is -0.900. The van der Waals surface area contributed by atoms with E-state index >= 15 is 0 Å². The van der Waals surface area contributed by atoms with Gasteiger partial charge in [-0.2, -0.15) is 13.2 Å². The van der Waals surface area contributed by atoms with Crippen LogP contribution in [-0.4, -0.2) is 0 Å². The van der Waals surface area contributed by atoms with Crippen LogP contribution in [0.15, 0.2) is 12.1 Å². The number of nitrogen functional groups attached to an aromatic ring is 1. The highest BCUT2D eigenvalue weighted by molar-refractivity contribution is 6.31. The van der Waals surface area contributed by atoms with Crippen LogP contribution in [0.4, 0.5) is 18.9 Å². The maximum atomic E-state index is 12.3. The van der Waals surface area contributed by atoms with Crippen LogP contribution in [0.2, 0.25) is 5.02 Å². The second kappa shape index (κ2) is 3.10. The molecule has 5 heteroatoms. The number of hydrogen-bond acceptors (Lipinski definition) is 1. The summed E-state index contributed by atoms with van der Waals surface area (Å²) >= 11 is 5.39. The number of aryl methyl sites for hydroxylation is 1. The van der Waals surface area contributed by atoms with E-state index in [1.54, 1.807) is 0 Å². The van der Waals surface area contributed by atoms with Crippen molar-refractivity contribution in [2.24, 2.45) is 0 Å². The Morgan fingerprint density at radius 2 is 1.85 bits per heavy atom. The van der Waals surface area contributed by atoms with E-state index in [0.717, 1.165) is 0 Å². The molecule has 0 amide bonds. The van der Waals surface area contributed by atoms with Gasteiger partial charge in [0.2, 0.25) is 0 Å². The first-order valence-corrected chi connectivity index (χ1v) is 3.83. The summed E-state index contributed by atoms with van der Waals surface area (Å²) < 4.78 is 37.0. The molecule has 0 aliphatic rings. The molecule has 0 spiro atoms. The van der Waals surface area contributed by atoms with Crippen LogP contribution in [0.1, 0.15) is 11.1 Å². The first-order valence-electron chi connectivity index (χ1n) is 3.46. The monoisotopic (exact) mass is 209 g/mol. The van der Waals surface area contributed by atoms with Crippen molar-refractivity contribution < 1.29 is 13.2 Å². The van der Waals surface area contributed by atoms with Gasteiger partial charge in [-0.1, -0.05) is 17.7 Å². The van der Waals surface area contributed by atoms with Gasteiger partial charge < -0.3 is 5.73 Å². The van der Waals surface area contributed by atoms with E-state index in [-0.39, 0.29) is 10.7 Å². The SMILES string of the molecule is Cc1ccc(Cl)c(C(F)(F)F)c1N. The zero-order valence-electron chi connectivity index (χ0n) is 6.74. The standard InChI is InChI=1S/C8H7ClF3N/c1-4-2-3-5(9)6(7(4)13)8(10,11)12/h2-3H,13H2,1H3.